The van der Waals surface area contributed by atoms with Gasteiger partial charge in [0.25, 0.3) is 0 Å². The van der Waals surface area contributed by atoms with Gasteiger partial charge >= 0.3 is 5.97 Å². The molecule has 0 saturated carbocycles. The van der Waals surface area contributed by atoms with E-state index in [1.54, 1.807) is 13.4 Å². The van der Waals surface area contributed by atoms with Gasteiger partial charge in [-0.2, -0.15) is 0 Å². The maximum atomic E-state index is 11.6. The van der Waals surface area contributed by atoms with E-state index in [4.69, 9.17) is 14.2 Å². The van der Waals surface area contributed by atoms with Crippen LogP contribution in [-0.4, -0.2) is 42.2 Å². The Morgan fingerprint density at radius 1 is 1.36 bits per heavy atom. The Morgan fingerprint density at radius 3 is 3.00 bits per heavy atom. The number of nitrogens with zero attached hydrogens (tertiary/aromatic N) is 1. The van der Waals surface area contributed by atoms with E-state index in [1.165, 1.54) is 23.6 Å². The minimum absolute atomic E-state index is 0.124. The molecular weight excluding hydrogens is 356 g/mol. The molecule has 4 atom stereocenters. The summed E-state index contributed by atoms with van der Waals surface area (Å²) in [6.07, 6.45) is 3.74. The number of fused-ring (bicyclic) bond motifs is 6. The number of carbonyl (C=O) groups excluding carboxylic acids is 1. The molecule has 6 nitrogen and oxygen atoms in total. The van der Waals surface area contributed by atoms with Gasteiger partial charge in [-0.25, -0.2) is 0 Å². The molecule has 1 aromatic carbocycles. The summed E-state index contributed by atoms with van der Waals surface area (Å²) in [5.41, 5.74) is 3.84. The van der Waals surface area contributed by atoms with Gasteiger partial charge in [-0.15, -0.1) is 0 Å². The van der Waals surface area contributed by atoms with Crippen molar-refractivity contribution >= 4 is 16.9 Å². The molecule has 3 aliphatic heterocycles. The zero-order valence-electron chi connectivity index (χ0n) is 16.5. The average Bonchev–Trinajstić information content (AvgIpc) is 3.07. The number of piperidine rings is 1. The number of carbonyl (C=O) groups is 1. The Bertz CT molecular complexity index is 963. The van der Waals surface area contributed by atoms with Crippen LogP contribution in [0.1, 0.15) is 37.6 Å². The quantitative estimate of drug-likeness (QED) is 0.805. The summed E-state index contributed by atoms with van der Waals surface area (Å²) in [5.74, 6) is 1.79. The number of ether oxygens (including phenoxy) is 3. The smallest absolute Gasteiger partial charge is 0.307 e. The van der Waals surface area contributed by atoms with Gasteiger partial charge in [0, 0.05) is 54.5 Å². The summed E-state index contributed by atoms with van der Waals surface area (Å²) in [6, 6.07) is 6.56. The van der Waals surface area contributed by atoms with Crippen molar-refractivity contribution < 1.29 is 19.0 Å². The number of hydrogen-bond donors (Lipinski definition) is 1. The van der Waals surface area contributed by atoms with E-state index in [0.717, 1.165) is 37.2 Å². The molecule has 1 N–H and O–H groups in total. The molecule has 0 amide bonds. The third kappa shape index (κ3) is 2.70. The van der Waals surface area contributed by atoms with Crippen molar-refractivity contribution in [2.75, 3.05) is 20.2 Å². The van der Waals surface area contributed by atoms with E-state index in [1.807, 2.05) is 6.07 Å². The van der Waals surface area contributed by atoms with Crippen molar-refractivity contribution in [1.82, 2.24) is 9.88 Å². The Labute approximate surface area is 164 Å². The monoisotopic (exact) mass is 382 g/mol. The van der Waals surface area contributed by atoms with Gasteiger partial charge in [-0.05, 0) is 37.5 Å². The largest absolute Gasteiger partial charge is 0.497 e. The van der Waals surface area contributed by atoms with Gasteiger partial charge < -0.3 is 19.2 Å². The highest BCUT2D eigenvalue weighted by atomic mass is 16.6. The number of methoxy groups -OCH3 is 1. The van der Waals surface area contributed by atoms with E-state index in [-0.39, 0.29) is 18.0 Å². The number of allylic oxidation sites excluding steroid dienone is 1. The lowest BCUT2D eigenvalue weighted by atomic mass is 9.74. The van der Waals surface area contributed by atoms with Crippen LogP contribution in [0.2, 0.25) is 0 Å². The number of rotatable bonds is 2. The second-order valence-electron chi connectivity index (χ2n) is 8.15. The van der Waals surface area contributed by atoms with Crippen LogP contribution in [0, 0.1) is 11.8 Å². The molecule has 0 bridgehead atoms. The lowest BCUT2D eigenvalue weighted by molar-refractivity contribution is -0.141. The van der Waals surface area contributed by atoms with Crippen LogP contribution in [0.4, 0.5) is 0 Å². The molecule has 0 aliphatic carbocycles. The molecule has 148 valence electrons. The highest BCUT2D eigenvalue weighted by Crippen LogP contribution is 2.47. The van der Waals surface area contributed by atoms with E-state index in [2.05, 4.69) is 28.9 Å². The van der Waals surface area contributed by atoms with Crippen LogP contribution in [-0.2, 0) is 20.7 Å². The summed E-state index contributed by atoms with van der Waals surface area (Å²) in [4.78, 5) is 17.8. The van der Waals surface area contributed by atoms with Crippen molar-refractivity contribution in [3.63, 3.8) is 0 Å². The van der Waals surface area contributed by atoms with Crippen molar-refractivity contribution in [3.05, 3.63) is 41.5 Å². The third-order valence-corrected chi connectivity index (χ3v) is 6.64. The number of esters is 1. The molecular formula is C22H26N2O4. The Kier molecular flexibility index (Phi) is 4.12. The number of H-pyrrole nitrogens is 1. The van der Waals surface area contributed by atoms with Gasteiger partial charge in [-0.1, -0.05) is 0 Å². The van der Waals surface area contributed by atoms with Gasteiger partial charge in [0.1, 0.15) is 17.8 Å². The average molecular weight is 382 g/mol. The minimum atomic E-state index is -0.285. The molecule has 1 saturated heterocycles. The maximum absolute atomic E-state index is 11.6. The molecule has 6 heteroatoms. The number of nitrogens with one attached hydrogen (secondary N) is 1. The molecule has 1 fully saturated rings. The number of aromatic nitrogens is 1. The van der Waals surface area contributed by atoms with E-state index in [9.17, 15) is 4.79 Å². The number of benzene rings is 1. The predicted molar refractivity (Wildman–Crippen MR) is 105 cm³/mol. The van der Waals surface area contributed by atoms with Crippen molar-refractivity contribution in [3.8, 4) is 5.75 Å². The zero-order chi connectivity index (χ0) is 19.4. The molecule has 28 heavy (non-hydrogen) atoms. The summed E-state index contributed by atoms with van der Waals surface area (Å²) in [7, 11) is 1.70. The minimum Gasteiger partial charge on any atom is -0.497 e. The summed E-state index contributed by atoms with van der Waals surface area (Å²) < 4.78 is 16.7. The van der Waals surface area contributed by atoms with Gasteiger partial charge in [-0.3, -0.25) is 9.69 Å². The highest BCUT2D eigenvalue weighted by molar-refractivity contribution is 5.86. The maximum Gasteiger partial charge on any atom is 0.307 e. The normalized spacial score (nSPS) is 29.2. The van der Waals surface area contributed by atoms with Gasteiger partial charge in [0.15, 0.2) is 0 Å². The van der Waals surface area contributed by atoms with Gasteiger partial charge in [0.2, 0.25) is 0 Å². The van der Waals surface area contributed by atoms with Crippen LogP contribution in [0.15, 0.2) is 30.2 Å². The predicted octanol–water partition coefficient (Wildman–Crippen LogP) is 3.54. The van der Waals surface area contributed by atoms with Crippen molar-refractivity contribution in [2.24, 2.45) is 11.8 Å². The first kappa shape index (κ1) is 17.6. The molecule has 3 unspecified atom stereocenters. The SMILES string of the molecule is COc1ccc2c3c([nH]c2c1)C1CC2C(OC(C)=O)=CO[C@@H](C)C2CN1CC3. The Balaban J connectivity index is 1.52. The number of hydrogen-bond acceptors (Lipinski definition) is 5. The van der Waals surface area contributed by atoms with Crippen LogP contribution >= 0.6 is 0 Å². The molecule has 2 aromatic rings. The molecule has 1 aromatic heterocycles. The first-order chi connectivity index (χ1) is 13.5. The first-order valence-electron chi connectivity index (χ1n) is 10.0. The van der Waals surface area contributed by atoms with Gasteiger partial charge in [0.05, 0.1) is 19.3 Å². The molecule has 3 aliphatic rings. The Hall–Kier alpha value is -2.47. The fourth-order valence-electron chi connectivity index (χ4n) is 5.26. The first-order valence-corrected chi connectivity index (χ1v) is 10.0. The fourth-order valence-corrected chi connectivity index (χ4v) is 5.26. The third-order valence-electron chi connectivity index (χ3n) is 6.64. The van der Waals surface area contributed by atoms with E-state index < -0.39 is 0 Å². The van der Waals surface area contributed by atoms with Crippen molar-refractivity contribution in [2.45, 2.75) is 38.8 Å². The lowest BCUT2D eigenvalue weighted by Gasteiger charge is -2.49. The topological polar surface area (TPSA) is 63.8 Å². The van der Waals surface area contributed by atoms with E-state index in [0.29, 0.717) is 17.7 Å². The Morgan fingerprint density at radius 2 is 2.21 bits per heavy atom. The summed E-state index contributed by atoms with van der Waals surface area (Å²) in [5, 5.41) is 1.29. The highest BCUT2D eigenvalue weighted by Gasteiger charge is 2.46. The summed E-state index contributed by atoms with van der Waals surface area (Å²) >= 11 is 0. The summed E-state index contributed by atoms with van der Waals surface area (Å²) in [6.45, 7) is 5.56. The van der Waals surface area contributed by atoms with Crippen LogP contribution in [0.25, 0.3) is 10.9 Å². The second-order valence-corrected chi connectivity index (χ2v) is 8.15. The molecule has 0 spiro atoms. The standard InChI is InChI=1S/C22H26N2O4/c1-12-18-10-24-7-6-16-15-5-4-14(26-3)8-19(15)23-22(16)20(24)9-17(18)21(11-27-12)28-13(2)25/h4-5,8,11-12,17-18,20,23H,6-7,9-10H2,1-3H3/t12-,17?,18?,20?/m0/s1. The lowest BCUT2D eigenvalue weighted by Crippen LogP contribution is -2.51. The zero-order valence-corrected chi connectivity index (χ0v) is 16.5. The van der Waals surface area contributed by atoms with Crippen LogP contribution in [0.5, 0.6) is 5.75 Å². The molecule has 5 rings (SSSR count). The van der Waals surface area contributed by atoms with Crippen LogP contribution < -0.4 is 4.74 Å². The van der Waals surface area contributed by atoms with E-state index >= 15 is 0 Å². The van der Waals surface area contributed by atoms with Crippen molar-refractivity contribution in [1.29, 1.82) is 0 Å². The van der Waals surface area contributed by atoms with Crippen LogP contribution in [0.3, 0.4) is 0 Å². The molecule has 4 heterocycles. The number of aromatic amines is 1. The second kappa shape index (κ2) is 6.55. The fraction of sp³-hybridized carbons (Fsp3) is 0.500. The molecule has 0 radical (unpaired) electrons.